The molecule has 1 heteroatoms. The van der Waals surface area contributed by atoms with Gasteiger partial charge in [0.1, 0.15) is 0 Å². The van der Waals surface area contributed by atoms with Crippen molar-refractivity contribution in [1.29, 1.82) is 0 Å². The molecule has 1 fully saturated rings. The van der Waals surface area contributed by atoms with Crippen LogP contribution in [-0.2, 0) is 0 Å². The van der Waals surface area contributed by atoms with E-state index in [1.54, 1.807) is 5.92 Å². The minimum absolute atomic E-state index is 0.856. The molecule has 1 aliphatic rings. The lowest BCUT2D eigenvalue weighted by Gasteiger charge is -2.19. The van der Waals surface area contributed by atoms with Gasteiger partial charge in [0, 0.05) is 0 Å². The summed E-state index contributed by atoms with van der Waals surface area (Å²) in [6, 6.07) is 0. The lowest BCUT2D eigenvalue weighted by atomic mass is 9.87. The van der Waals surface area contributed by atoms with E-state index in [4.69, 9.17) is 5.73 Å². The minimum atomic E-state index is 0.856. The molecule has 1 saturated carbocycles. The predicted molar refractivity (Wildman–Crippen MR) is 40.0 cm³/mol. The third-order valence-electron chi connectivity index (χ3n) is 2.06. The summed E-state index contributed by atoms with van der Waals surface area (Å²) < 4.78 is 0. The van der Waals surface area contributed by atoms with E-state index in [0.29, 0.717) is 0 Å². The Balaban J connectivity index is 2.08. The fourth-order valence-corrected chi connectivity index (χ4v) is 1.51. The molecule has 1 nitrogen and oxygen atoms in total. The van der Waals surface area contributed by atoms with Gasteiger partial charge in [-0.1, -0.05) is 19.3 Å². The Kier molecular flexibility index (Phi) is 3.05. The van der Waals surface area contributed by atoms with Crippen LogP contribution < -0.4 is 5.73 Å². The summed E-state index contributed by atoms with van der Waals surface area (Å²) >= 11 is 0. The molecule has 0 heterocycles. The third kappa shape index (κ3) is 2.35. The number of hydrogen-bond donors (Lipinski definition) is 1. The van der Waals surface area contributed by atoms with Crippen LogP contribution in [0.2, 0.25) is 0 Å². The Morgan fingerprint density at radius 1 is 1.11 bits per heavy atom. The second-order valence-corrected chi connectivity index (χ2v) is 2.85. The van der Waals surface area contributed by atoms with Gasteiger partial charge in [-0.25, -0.2) is 0 Å². The first kappa shape index (κ1) is 7.07. The van der Waals surface area contributed by atoms with Crippen LogP contribution in [-0.4, -0.2) is 6.54 Å². The van der Waals surface area contributed by atoms with E-state index in [2.05, 4.69) is 0 Å². The Bertz CT molecular complexity index is 62.2. The summed E-state index contributed by atoms with van der Waals surface area (Å²) in [7, 11) is 0. The fraction of sp³-hybridized carbons (Fsp3) is 0.875. The minimum Gasteiger partial charge on any atom is -0.330 e. The van der Waals surface area contributed by atoms with Crippen molar-refractivity contribution >= 4 is 0 Å². The maximum absolute atomic E-state index is 5.44. The summed E-state index contributed by atoms with van der Waals surface area (Å²) in [5.74, 6) is 1.71. The summed E-state index contributed by atoms with van der Waals surface area (Å²) in [4.78, 5) is 0. The van der Waals surface area contributed by atoms with Crippen LogP contribution >= 0.6 is 0 Å². The van der Waals surface area contributed by atoms with Crippen molar-refractivity contribution in [3.63, 3.8) is 0 Å². The molecule has 0 aromatic carbocycles. The summed E-state index contributed by atoms with van der Waals surface area (Å²) in [6.45, 7) is 0.856. The van der Waals surface area contributed by atoms with E-state index in [-0.39, 0.29) is 0 Å². The summed E-state index contributed by atoms with van der Waals surface area (Å²) in [5.41, 5.74) is 5.44. The van der Waals surface area contributed by atoms with Crippen LogP contribution in [0.5, 0.6) is 0 Å². The van der Waals surface area contributed by atoms with E-state index in [9.17, 15) is 0 Å². The van der Waals surface area contributed by atoms with Crippen molar-refractivity contribution in [2.75, 3.05) is 6.54 Å². The molecule has 53 valence electrons. The zero-order chi connectivity index (χ0) is 6.53. The highest BCUT2D eigenvalue weighted by atomic mass is 14.5. The van der Waals surface area contributed by atoms with Crippen LogP contribution in [0.1, 0.15) is 38.5 Å². The van der Waals surface area contributed by atoms with Gasteiger partial charge in [-0.15, -0.1) is 0 Å². The van der Waals surface area contributed by atoms with Gasteiger partial charge in [-0.05, 0) is 31.7 Å². The maximum atomic E-state index is 5.44. The van der Waals surface area contributed by atoms with Crippen molar-refractivity contribution in [2.45, 2.75) is 38.5 Å². The first-order valence-electron chi connectivity index (χ1n) is 3.97. The standard InChI is InChI=1S/C8H16N/c9-7-6-8-4-2-1-3-5-8/h1-7,9H2. The first-order valence-corrected chi connectivity index (χ1v) is 3.97. The smallest absolute Gasteiger partial charge is 0.00718 e. The molecule has 0 bridgehead atoms. The number of rotatable bonds is 2. The molecular formula is C8H16N. The third-order valence-corrected chi connectivity index (χ3v) is 2.06. The molecule has 1 radical (unpaired) electrons. The Morgan fingerprint density at radius 2 is 1.78 bits per heavy atom. The topological polar surface area (TPSA) is 26.0 Å². The molecule has 0 saturated heterocycles. The SMILES string of the molecule is NCC[C]1CCCCC1. The van der Waals surface area contributed by atoms with Crippen LogP contribution in [0, 0.1) is 5.92 Å². The molecule has 0 aromatic heterocycles. The van der Waals surface area contributed by atoms with Gasteiger partial charge in [0.2, 0.25) is 0 Å². The Hall–Kier alpha value is -0.0400. The van der Waals surface area contributed by atoms with E-state index in [0.717, 1.165) is 6.54 Å². The lowest BCUT2D eigenvalue weighted by Crippen LogP contribution is -2.09. The van der Waals surface area contributed by atoms with Crippen LogP contribution in [0.4, 0.5) is 0 Å². The van der Waals surface area contributed by atoms with Gasteiger partial charge in [0.25, 0.3) is 0 Å². The second kappa shape index (κ2) is 3.89. The summed E-state index contributed by atoms with van der Waals surface area (Å²) in [5, 5.41) is 0. The quantitative estimate of drug-likeness (QED) is 0.600. The fourth-order valence-electron chi connectivity index (χ4n) is 1.51. The molecule has 1 aliphatic carbocycles. The number of hydrogen-bond acceptors (Lipinski definition) is 1. The van der Waals surface area contributed by atoms with E-state index in [1.165, 1.54) is 38.5 Å². The average Bonchev–Trinajstić information content (AvgIpc) is 1.91. The van der Waals surface area contributed by atoms with Gasteiger partial charge >= 0.3 is 0 Å². The van der Waals surface area contributed by atoms with Crippen molar-refractivity contribution < 1.29 is 0 Å². The molecule has 2 N–H and O–H groups in total. The highest BCUT2D eigenvalue weighted by Gasteiger charge is 2.11. The van der Waals surface area contributed by atoms with E-state index < -0.39 is 0 Å². The lowest BCUT2D eigenvalue weighted by molar-refractivity contribution is 0.508. The van der Waals surface area contributed by atoms with Crippen LogP contribution in [0.3, 0.4) is 0 Å². The first-order chi connectivity index (χ1) is 4.43. The monoisotopic (exact) mass is 126 g/mol. The molecule has 0 spiro atoms. The van der Waals surface area contributed by atoms with Gasteiger partial charge in [-0.2, -0.15) is 0 Å². The second-order valence-electron chi connectivity index (χ2n) is 2.85. The molecule has 1 rings (SSSR count). The van der Waals surface area contributed by atoms with E-state index in [1.807, 2.05) is 0 Å². The van der Waals surface area contributed by atoms with Gasteiger partial charge in [0.05, 0.1) is 0 Å². The molecule has 0 atom stereocenters. The zero-order valence-corrected chi connectivity index (χ0v) is 6.03. The predicted octanol–water partition coefficient (Wildman–Crippen LogP) is 1.87. The van der Waals surface area contributed by atoms with Crippen molar-refractivity contribution in [3.8, 4) is 0 Å². The molecular weight excluding hydrogens is 110 g/mol. The van der Waals surface area contributed by atoms with Crippen LogP contribution in [0.25, 0.3) is 0 Å². The summed E-state index contributed by atoms with van der Waals surface area (Å²) in [6.07, 6.45) is 8.16. The maximum Gasteiger partial charge on any atom is -0.00718 e. The normalized spacial score (nSPS) is 22.3. The average molecular weight is 126 g/mol. The molecule has 0 aliphatic heterocycles. The van der Waals surface area contributed by atoms with Gasteiger partial charge < -0.3 is 5.73 Å². The van der Waals surface area contributed by atoms with Crippen molar-refractivity contribution in [3.05, 3.63) is 5.92 Å². The van der Waals surface area contributed by atoms with Gasteiger partial charge in [0.15, 0.2) is 0 Å². The molecule has 0 aromatic rings. The van der Waals surface area contributed by atoms with Crippen molar-refractivity contribution in [1.82, 2.24) is 0 Å². The van der Waals surface area contributed by atoms with Crippen LogP contribution in [0.15, 0.2) is 0 Å². The van der Waals surface area contributed by atoms with Gasteiger partial charge in [-0.3, -0.25) is 0 Å². The highest BCUT2D eigenvalue weighted by molar-refractivity contribution is 4.92. The largest absolute Gasteiger partial charge is 0.330 e. The Labute approximate surface area is 57.6 Å². The zero-order valence-electron chi connectivity index (χ0n) is 6.03. The molecule has 0 amide bonds. The highest BCUT2D eigenvalue weighted by Crippen LogP contribution is 2.27. The molecule has 0 unspecified atom stereocenters. The van der Waals surface area contributed by atoms with Crippen molar-refractivity contribution in [2.24, 2.45) is 5.73 Å². The molecule has 9 heavy (non-hydrogen) atoms. The number of nitrogens with two attached hydrogens (primary N) is 1. The van der Waals surface area contributed by atoms with E-state index >= 15 is 0 Å². The Morgan fingerprint density at radius 3 is 2.33 bits per heavy atom.